The number of ether oxygens (including phenoxy) is 1. The molecule has 3 fully saturated rings. The summed E-state index contributed by atoms with van der Waals surface area (Å²) < 4.78 is 48.1. The van der Waals surface area contributed by atoms with Crippen LogP contribution < -0.4 is 5.32 Å². The third-order valence-corrected chi connectivity index (χ3v) is 10.7. The second kappa shape index (κ2) is 11.7. The summed E-state index contributed by atoms with van der Waals surface area (Å²) in [5.74, 6) is -2.46. The average Bonchev–Trinajstić information content (AvgIpc) is 3.54. The molecule has 0 bridgehead atoms. The van der Waals surface area contributed by atoms with Crippen molar-refractivity contribution in [1.82, 2.24) is 20.3 Å². The summed E-state index contributed by atoms with van der Waals surface area (Å²) in [6.07, 6.45) is 0.589. The summed E-state index contributed by atoms with van der Waals surface area (Å²) in [6.45, 7) is 3.70. The zero-order valence-corrected chi connectivity index (χ0v) is 26.9. The molecule has 240 valence electrons. The zero-order valence-electron chi connectivity index (χ0n) is 24.6. The Bertz CT molecular complexity index is 1700. The van der Waals surface area contributed by atoms with Gasteiger partial charge in [0.05, 0.1) is 45.0 Å². The Morgan fingerprint density at radius 1 is 1.18 bits per heavy atom. The minimum Gasteiger partial charge on any atom is -0.427 e. The minimum absolute atomic E-state index is 0.0254. The van der Waals surface area contributed by atoms with Crippen LogP contribution in [0.4, 0.5) is 9.18 Å². The van der Waals surface area contributed by atoms with Crippen molar-refractivity contribution in [2.24, 2.45) is 0 Å². The first-order chi connectivity index (χ1) is 21.0. The highest BCUT2D eigenvalue weighted by molar-refractivity contribution is 7.92. The topological polar surface area (TPSA) is 159 Å². The fourth-order valence-electron chi connectivity index (χ4n) is 5.48. The predicted octanol–water partition coefficient (Wildman–Crippen LogP) is 3.56. The highest BCUT2D eigenvalue weighted by atomic mass is 35.5. The molecule has 1 aliphatic carbocycles. The lowest BCUT2D eigenvalue weighted by molar-refractivity contribution is -0.212. The van der Waals surface area contributed by atoms with Gasteiger partial charge in [0.2, 0.25) is 11.8 Å². The van der Waals surface area contributed by atoms with Gasteiger partial charge in [-0.15, -0.1) is 5.06 Å². The third-order valence-electron chi connectivity index (χ3n) is 7.89. The number of sulfone groups is 1. The fraction of sp³-hybridized carbons (Fsp3) is 0.483. The monoisotopic (exact) mass is 681 g/mol. The normalized spacial score (nSPS) is 22.1. The number of carbonyl (C=O) groups excluding carboxylic acids is 3. The van der Waals surface area contributed by atoms with Crippen LogP contribution in [0, 0.1) is 17.1 Å². The summed E-state index contributed by atoms with van der Waals surface area (Å²) >= 11 is 12.1. The van der Waals surface area contributed by atoms with Gasteiger partial charge in [-0.3, -0.25) is 14.6 Å². The van der Waals surface area contributed by atoms with E-state index in [-0.39, 0.29) is 40.1 Å². The maximum atomic E-state index is 15.4. The van der Waals surface area contributed by atoms with Gasteiger partial charge in [-0.2, -0.15) is 5.26 Å². The van der Waals surface area contributed by atoms with Gasteiger partial charge >= 0.3 is 6.16 Å². The Morgan fingerprint density at radius 3 is 2.42 bits per heavy atom. The lowest BCUT2D eigenvalue weighted by atomic mass is 9.75. The molecule has 2 atom stereocenters. The number of amides is 2. The van der Waals surface area contributed by atoms with Crippen LogP contribution in [0.5, 0.6) is 0 Å². The van der Waals surface area contributed by atoms with Crippen molar-refractivity contribution in [3.63, 3.8) is 0 Å². The van der Waals surface area contributed by atoms with Gasteiger partial charge in [0, 0.05) is 12.7 Å². The lowest BCUT2D eigenvalue weighted by Crippen LogP contribution is -2.68. The van der Waals surface area contributed by atoms with Crippen LogP contribution in [0.15, 0.2) is 41.4 Å². The van der Waals surface area contributed by atoms with E-state index in [0.29, 0.717) is 12.8 Å². The van der Waals surface area contributed by atoms with E-state index in [9.17, 15) is 28.1 Å². The Kier molecular flexibility index (Phi) is 8.54. The molecule has 3 aliphatic rings. The molecular formula is C29H30Cl2FN5O7S. The number of hydrogen-bond acceptors (Lipinski definition) is 10. The number of aromatic nitrogens is 1. The predicted molar refractivity (Wildman–Crippen MR) is 158 cm³/mol. The van der Waals surface area contributed by atoms with Gasteiger partial charge in [-0.1, -0.05) is 35.3 Å². The van der Waals surface area contributed by atoms with E-state index in [1.807, 2.05) is 6.07 Å². The van der Waals surface area contributed by atoms with Crippen LogP contribution in [0.1, 0.15) is 45.7 Å². The van der Waals surface area contributed by atoms with Crippen LogP contribution in [0.25, 0.3) is 0 Å². The van der Waals surface area contributed by atoms with Crippen LogP contribution in [0.3, 0.4) is 0 Å². The van der Waals surface area contributed by atoms with Gasteiger partial charge < -0.3 is 19.8 Å². The lowest BCUT2D eigenvalue weighted by Gasteiger charge is -2.48. The van der Waals surface area contributed by atoms with Gasteiger partial charge in [0.15, 0.2) is 9.84 Å². The molecule has 1 aromatic heterocycles. The minimum atomic E-state index is -4.17. The summed E-state index contributed by atoms with van der Waals surface area (Å²) in [4.78, 5) is 50.6. The van der Waals surface area contributed by atoms with Gasteiger partial charge in [0.25, 0.3) is 0 Å². The Labute approximate surface area is 269 Å². The molecule has 0 radical (unpaired) electrons. The number of nitriles is 1. The molecule has 3 heterocycles. The van der Waals surface area contributed by atoms with Crippen molar-refractivity contribution in [2.75, 3.05) is 19.6 Å². The molecule has 1 N–H and O–H groups in total. The highest BCUT2D eigenvalue weighted by Crippen LogP contribution is 2.42. The molecule has 5 rings (SSSR count). The number of likely N-dealkylation sites (tertiary alicyclic amines) is 1. The molecule has 45 heavy (non-hydrogen) atoms. The van der Waals surface area contributed by atoms with E-state index in [1.54, 1.807) is 26.8 Å². The Morgan fingerprint density at radius 2 is 1.84 bits per heavy atom. The van der Waals surface area contributed by atoms with Crippen molar-refractivity contribution in [2.45, 2.75) is 72.8 Å². The summed E-state index contributed by atoms with van der Waals surface area (Å²) in [5.41, 5.74) is -4.11. The maximum Gasteiger partial charge on any atom is 0.528 e. The van der Waals surface area contributed by atoms with Crippen LogP contribution in [-0.2, 0) is 34.4 Å². The van der Waals surface area contributed by atoms with E-state index >= 15 is 4.39 Å². The zero-order chi connectivity index (χ0) is 32.9. The van der Waals surface area contributed by atoms with Gasteiger partial charge in [0.1, 0.15) is 28.4 Å². The van der Waals surface area contributed by atoms with E-state index in [4.69, 9.17) is 32.8 Å². The van der Waals surface area contributed by atoms with E-state index < -0.39 is 68.0 Å². The fourth-order valence-corrected chi connectivity index (χ4v) is 7.84. The molecular weight excluding hydrogens is 652 g/mol. The van der Waals surface area contributed by atoms with Crippen LogP contribution in [-0.4, -0.2) is 83.4 Å². The van der Waals surface area contributed by atoms with Crippen LogP contribution in [0.2, 0.25) is 10.0 Å². The first kappa shape index (κ1) is 32.9. The van der Waals surface area contributed by atoms with Crippen molar-refractivity contribution < 1.29 is 36.8 Å². The second-order valence-corrected chi connectivity index (χ2v) is 15.4. The first-order valence-corrected chi connectivity index (χ1v) is 16.3. The molecule has 0 unspecified atom stereocenters. The van der Waals surface area contributed by atoms with Gasteiger partial charge in [-0.05, 0) is 58.2 Å². The Hall–Kier alpha value is -3.51. The third kappa shape index (κ3) is 6.44. The highest BCUT2D eigenvalue weighted by Gasteiger charge is 2.60. The van der Waals surface area contributed by atoms with Crippen molar-refractivity contribution >= 4 is 51.0 Å². The molecule has 16 heteroatoms. The summed E-state index contributed by atoms with van der Waals surface area (Å²) in [7, 11) is -4.17. The molecule has 2 amide bonds. The molecule has 2 aromatic rings. The number of pyridine rings is 1. The number of hydroxylamine groups is 2. The van der Waals surface area contributed by atoms with Crippen molar-refractivity contribution in [3.05, 3.63) is 58.1 Å². The van der Waals surface area contributed by atoms with E-state index in [1.165, 1.54) is 18.2 Å². The largest absolute Gasteiger partial charge is 0.528 e. The van der Waals surface area contributed by atoms with Crippen molar-refractivity contribution in [3.8, 4) is 6.07 Å². The van der Waals surface area contributed by atoms with Crippen molar-refractivity contribution in [1.29, 1.82) is 5.26 Å². The molecule has 0 spiro atoms. The number of halogens is 3. The van der Waals surface area contributed by atoms with Crippen LogP contribution >= 0.6 is 23.2 Å². The maximum absolute atomic E-state index is 15.4. The second-order valence-electron chi connectivity index (χ2n) is 12.4. The number of benzene rings is 1. The first-order valence-electron chi connectivity index (χ1n) is 14.0. The standard InChI is InChI=1S/C29H30Cl2FN5O7S/c1-27(2,3)43-26(40)44-36-15-29(16-36,23-20(32)10-17(30)12-34-23)25(39)37-13-18(45(41,42)22-7-5-4-6-19(22)31)11-21(37)24(38)35-28(14-33)8-9-28/h4-7,10,12,18,21H,8-9,11,13,15-16H2,1-3H3,(H,35,38)/t18-,21+/m1/s1. The summed E-state index contributed by atoms with van der Waals surface area (Å²) in [6, 6.07) is 7.50. The number of nitrogens with zero attached hydrogens (tertiary/aromatic N) is 4. The quantitative estimate of drug-likeness (QED) is 0.428. The molecule has 2 saturated heterocycles. The smallest absolute Gasteiger partial charge is 0.427 e. The molecule has 1 aromatic carbocycles. The number of nitrogens with one attached hydrogen (secondary N) is 1. The van der Waals surface area contributed by atoms with E-state index in [0.717, 1.165) is 22.2 Å². The number of carbonyl (C=O) groups is 3. The SMILES string of the molecule is CC(C)(C)OC(=O)ON1CC(C(=O)N2C[C@H](S(=O)(=O)c3ccccc3Cl)C[C@H]2C(=O)NC2(C#N)CC2)(c2ncc(Cl)cc2F)C1. The average molecular weight is 683 g/mol. The number of rotatable bonds is 7. The molecule has 2 aliphatic heterocycles. The van der Waals surface area contributed by atoms with Gasteiger partial charge in [-0.25, -0.2) is 17.6 Å². The van der Waals surface area contributed by atoms with E-state index in [2.05, 4.69) is 10.3 Å². The number of hydrogen-bond donors (Lipinski definition) is 1. The molecule has 1 saturated carbocycles. The summed E-state index contributed by atoms with van der Waals surface area (Å²) in [5, 5.41) is 12.0. The molecule has 12 nitrogen and oxygen atoms in total. The Balaban J connectivity index is 1.50.